The van der Waals surface area contributed by atoms with Crippen LogP contribution in [0.4, 0.5) is 0 Å². The second-order valence-electron chi connectivity index (χ2n) is 4.27. The molecule has 0 aliphatic heterocycles. The maximum atomic E-state index is 8.81. The molecule has 2 unspecified atom stereocenters. The third-order valence-corrected chi connectivity index (χ3v) is 2.72. The highest BCUT2D eigenvalue weighted by Crippen LogP contribution is 2.12. The molecule has 1 aromatic heterocycles. The summed E-state index contributed by atoms with van der Waals surface area (Å²) in [5.41, 5.74) is 1.97. The lowest BCUT2D eigenvalue weighted by atomic mass is 10.1. The Bertz CT molecular complexity index is 317. The van der Waals surface area contributed by atoms with Crippen LogP contribution in [0.5, 0.6) is 0 Å². The molecule has 1 rings (SSSR count). The van der Waals surface area contributed by atoms with Crippen molar-refractivity contribution in [1.29, 1.82) is 0 Å². The first-order chi connectivity index (χ1) is 7.65. The van der Waals surface area contributed by atoms with E-state index in [1.165, 1.54) is 0 Å². The number of aliphatic hydroxyl groups is 1. The summed E-state index contributed by atoms with van der Waals surface area (Å²) in [5.74, 6) is 0.476. The number of aromatic nitrogens is 2. The van der Waals surface area contributed by atoms with Gasteiger partial charge in [0.1, 0.15) is 0 Å². The minimum absolute atomic E-state index is 0.204. The summed E-state index contributed by atoms with van der Waals surface area (Å²) in [6.07, 6.45) is 4.26. The Morgan fingerprint density at radius 3 is 2.62 bits per heavy atom. The average Bonchev–Trinajstić information content (AvgIpc) is 2.27. The van der Waals surface area contributed by atoms with E-state index in [9.17, 15) is 0 Å². The number of nitrogens with zero attached hydrogens (tertiary/aromatic N) is 2. The Labute approximate surface area is 97.1 Å². The SMILES string of the molecule is Cc1nccnc1C(C)NCC(C)CCO. The molecule has 2 N–H and O–H groups in total. The quantitative estimate of drug-likeness (QED) is 0.766. The van der Waals surface area contributed by atoms with Crippen molar-refractivity contribution in [1.82, 2.24) is 15.3 Å². The van der Waals surface area contributed by atoms with Crippen LogP contribution in [0.3, 0.4) is 0 Å². The molecule has 1 heterocycles. The van der Waals surface area contributed by atoms with Crippen molar-refractivity contribution >= 4 is 0 Å². The molecular formula is C12H21N3O. The molecule has 0 aromatic carbocycles. The molecule has 90 valence electrons. The lowest BCUT2D eigenvalue weighted by molar-refractivity contribution is 0.258. The number of nitrogens with one attached hydrogen (secondary N) is 1. The monoisotopic (exact) mass is 223 g/mol. The van der Waals surface area contributed by atoms with Crippen LogP contribution in [-0.2, 0) is 0 Å². The minimum Gasteiger partial charge on any atom is -0.396 e. The van der Waals surface area contributed by atoms with E-state index in [1.54, 1.807) is 12.4 Å². The third kappa shape index (κ3) is 3.87. The van der Waals surface area contributed by atoms with Gasteiger partial charge in [-0.05, 0) is 32.7 Å². The molecule has 0 aliphatic rings. The van der Waals surface area contributed by atoms with E-state index in [-0.39, 0.29) is 12.6 Å². The number of aliphatic hydroxyl groups excluding tert-OH is 1. The van der Waals surface area contributed by atoms with E-state index >= 15 is 0 Å². The summed E-state index contributed by atoms with van der Waals surface area (Å²) in [7, 11) is 0. The lowest BCUT2D eigenvalue weighted by Crippen LogP contribution is -2.26. The normalized spacial score (nSPS) is 14.8. The van der Waals surface area contributed by atoms with Gasteiger partial charge in [-0.15, -0.1) is 0 Å². The predicted molar refractivity (Wildman–Crippen MR) is 64.1 cm³/mol. The summed E-state index contributed by atoms with van der Waals surface area (Å²) in [4.78, 5) is 8.55. The highest BCUT2D eigenvalue weighted by Gasteiger charge is 2.11. The molecule has 2 atom stereocenters. The standard InChI is InChI=1S/C12H21N3O/c1-9(4-7-16)8-15-11(3)12-10(2)13-5-6-14-12/h5-6,9,11,15-16H,4,7-8H2,1-3H3. The zero-order valence-electron chi connectivity index (χ0n) is 10.3. The van der Waals surface area contributed by atoms with Gasteiger partial charge >= 0.3 is 0 Å². The predicted octanol–water partition coefficient (Wildman–Crippen LogP) is 1.45. The topological polar surface area (TPSA) is 58.0 Å². The van der Waals surface area contributed by atoms with Gasteiger partial charge in [0.25, 0.3) is 0 Å². The third-order valence-electron chi connectivity index (χ3n) is 2.72. The van der Waals surface area contributed by atoms with Crippen LogP contribution in [0.1, 0.15) is 37.7 Å². The largest absolute Gasteiger partial charge is 0.396 e. The Morgan fingerprint density at radius 2 is 2.00 bits per heavy atom. The molecule has 0 spiro atoms. The molecule has 4 nitrogen and oxygen atoms in total. The van der Waals surface area contributed by atoms with Crippen molar-refractivity contribution < 1.29 is 5.11 Å². The van der Waals surface area contributed by atoms with Crippen LogP contribution in [-0.4, -0.2) is 28.2 Å². The van der Waals surface area contributed by atoms with Crippen LogP contribution in [0.25, 0.3) is 0 Å². The van der Waals surface area contributed by atoms with E-state index in [0.29, 0.717) is 5.92 Å². The zero-order chi connectivity index (χ0) is 12.0. The highest BCUT2D eigenvalue weighted by molar-refractivity contribution is 5.12. The first-order valence-corrected chi connectivity index (χ1v) is 5.77. The molecule has 0 amide bonds. The summed E-state index contributed by atoms with van der Waals surface area (Å²) in [6, 6.07) is 0.204. The second kappa shape index (κ2) is 6.55. The number of hydrogen-bond acceptors (Lipinski definition) is 4. The van der Waals surface area contributed by atoms with E-state index in [0.717, 1.165) is 24.4 Å². The van der Waals surface area contributed by atoms with Crippen molar-refractivity contribution in [2.45, 2.75) is 33.2 Å². The fourth-order valence-electron chi connectivity index (χ4n) is 1.64. The first kappa shape index (κ1) is 13.1. The van der Waals surface area contributed by atoms with Gasteiger partial charge in [0.2, 0.25) is 0 Å². The van der Waals surface area contributed by atoms with Crippen molar-refractivity contribution in [2.24, 2.45) is 5.92 Å². The Morgan fingerprint density at radius 1 is 1.31 bits per heavy atom. The van der Waals surface area contributed by atoms with Crippen LogP contribution < -0.4 is 5.32 Å². The maximum Gasteiger partial charge on any atom is 0.0782 e. The van der Waals surface area contributed by atoms with Gasteiger partial charge in [0, 0.05) is 25.0 Å². The van der Waals surface area contributed by atoms with Gasteiger partial charge in [0.05, 0.1) is 11.4 Å². The van der Waals surface area contributed by atoms with Gasteiger partial charge in [-0.2, -0.15) is 0 Å². The van der Waals surface area contributed by atoms with Crippen molar-refractivity contribution in [2.75, 3.05) is 13.2 Å². The number of rotatable bonds is 6. The molecule has 1 aromatic rings. The summed E-state index contributed by atoms with van der Waals surface area (Å²) >= 11 is 0. The van der Waals surface area contributed by atoms with E-state index in [2.05, 4.69) is 29.1 Å². The smallest absolute Gasteiger partial charge is 0.0782 e. The molecule has 0 bridgehead atoms. The van der Waals surface area contributed by atoms with Gasteiger partial charge < -0.3 is 10.4 Å². The van der Waals surface area contributed by atoms with E-state index in [4.69, 9.17) is 5.11 Å². The van der Waals surface area contributed by atoms with Crippen LogP contribution in [0.2, 0.25) is 0 Å². The second-order valence-corrected chi connectivity index (χ2v) is 4.27. The fourth-order valence-corrected chi connectivity index (χ4v) is 1.64. The van der Waals surface area contributed by atoms with E-state index < -0.39 is 0 Å². The van der Waals surface area contributed by atoms with E-state index in [1.807, 2.05) is 6.92 Å². The molecule has 0 aliphatic carbocycles. The Hall–Kier alpha value is -1.00. The fraction of sp³-hybridized carbons (Fsp3) is 0.667. The first-order valence-electron chi connectivity index (χ1n) is 5.77. The number of hydrogen-bond donors (Lipinski definition) is 2. The van der Waals surface area contributed by atoms with Crippen LogP contribution in [0.15, 0.2) is 12.4 Å². The summed E-state index contributed by atoms with van der Waals surface area (Å²) in [5, 5.41) is 12.2. The molecule has 0 saturated heterocycles. The number of aryl methyl sites for hydroxylation is 1. The summed E-state index contributed by atoms with van der Waals surface area (Å²) in [6.45, 7) is 7.32. The lowest BCUT2D eigenvalue weighted by Gasteiger charge is -2.17. The minimum atomic E-state index is 0.204. The average molecular weight is 223 g/mol. The maximum absolute atomic E-state index is 8.81. The van der Waals surface area contributed by atoms with Crippen molar-refractivity contribution in [3.63, 3.8) is 0 Å². The van der Waals surface area contributed by atoms with Crippen molar-refractivity contribution in [3.8, 4) is 0 Å². The molecule has 16 heavy (non-hydrogen) atoms. The van der Waals surface area contributed by atoms with Gasteiger partial charge in [-0.1, -0.05) is 6.92 Å². The van der Waals surface area contributed by atoms with Gasteiger partial charge in [-0.25, -0.2) is 0 Å². The van der Waals surface area contributed by atoms with Gasteiger partial charge in [0.15, 0.2) is 0 Å². The Balaban J connectivity index is 2.46. The van der Waals surface area contributed by atoms with Crippen LogP contribution >= 0.6 is 0 Å². The van der Waals surface area contributed by atoms with Crippen molar-refractivity contribution in [3.05, 3.63) is 23.8 Å². The molecule has 0 saturated carbocycles. The molecule has 0 radical (unpaired) electrons. The highest BCUT2D eigenvalue weighted by atomic mass is 16.3. The van der Waals surface area contributed by atoms with Crippen LogP contribution in [0, 0.1) is 12.8 Å². The zero-order valence-corrected chi connectivity index (χ0v) is 10.3. The summed E-state index contributed by atoms with van der Waals surface area (Å²) < 4.78 is 0. The van der Waals surface area contributed by atoms with Gasteiger partial charge in [-0.3, -0.25) is 9.97 Å². The molecular weight excluding hydrogens is 202 g/mol. The molecule has 4 heteroatoms. The molecule has 0 fully saturated rings. The Kier molecular flexibility index (Phi) is 5.35.